The van der Waals surface area contributed by atoms with Crippen LogP contribution in [0.4, 0.5) is 0 Å². The van der Waals surface area contributed by atoms with Gasteiger partial charge in [-0.15, -0.1) is 10.2 Å². The zero-order valence-corrected chi connectivity index (χ0v) is 16.5. The van der Waals surface area contributed by atoms with Crippen molar-refractivity contribution in [3.05, 3.63) is 29.3 Å². The minimum atomic E-state index is -0.355. The van der Waals surface area contributed by atoms with Crippen LogP contribution in [0.25, 0.3) is 11.4 Å². The first-order valence-electron chi connectivity index (χ1n) is 8.57. The van der Waals surface area contributed by atoms with E-state index in [9.17, 15) is 4.79 Å². The van der Waals surface area contributed by atoms with E-state index in [2.05, 4.69) is 28.6 Å². The first-order valence-corrected chi connectivity index (χ1v) is 9.83. The summed E-state index contributed by atoms with van der Waals surface area (Å²) in [5.74, 6) is 0.927. The van der Waals surface area contributed by atoms with Gasteiger partial charge in [0.15, 0.2) is 11.0 Å². The van der Waals surface area contributed by atoms with Crippen LogP contribution in [0.1, 0.15) is 40.0 Å². The van der Waals surface area contributed by atoms with Crippen molar-refractivity contribution in [1.29, 1.82) is 0 Å². The molecule has 0 unspecified atom stereocenters. The summed E-state index contributed by atoms with van der Waals surface area (Å²) in [6, 6.07) is 7.56. The molecule has 5 nitrogen and oxygen atoms in total. The van der Waals surface area contributed by atoms with E-state index in [1.807, 2.05) is 24.3 Å². The topological polar surface area (TPSA) is 73.8 Å². The molecular formula is C18H25ClN4OS. The number of amides is 1. The maximum atomic E-state index is 11.4. The van der Waals surface area contributed by atoms with E-state index < -0.39 is 0 Å². The van der Waals surface area contributed by atoms with E-state index in [1.165, 1.54) is 24.6 Å². The van der Waals surface area contributed by atoms with Crippen LogP contribution in [0.5, 0.6) is 0 Å². The highest BCUT2D eigenvalue weighted by atomic mass is 35.5. The number of nitrogens with two attached hydrogens (primary N) is 1. The Morgan fingerprint density at radius 1 is 1.28 bits per heavy atom. The number of aromatic nitrogens is 3. The Morgan fingerprint density at radius 3 is 2.56 bits per heavy atom. The van der Waals surface area contributed by atoms with E-state index in [0.717, 1.165) is 29.5 Å². The second-order valence-corrected chi connectivity index (χ2v) is 8.08. The van der Waals surface area contributed by atoms with Gasteiger partial charge in [0.1, 0.15) is 0 Å². The number of hydrogen-bond acceptors (Lipinski definition) is 4. The number of hydrogen-bond donors (Lipinski definition) is 1. The lowest BCUT2D eigenvalue weighted by Gasteiger charge is -2.16. The fraction of sp³-hybridized carbons (Fsp3) is 0.500. The van der Waals surface area contributed by atoms with E-state index >= 15 is 0 Å². The average Bonchev–Trinajstić information content (AvgIpc) is 2.96. The van der Waals surface area contributed by atoms with Crippen LogP contribution < -0.4 is 5.73 Å². The molecule has 2 N–H and O–H groups in total. The number of nitrogens with zero attached hydrogens (tertiary/aromatic N) is 3. The Bertz CT molecular complexity index is 702. The average molecular weight is 381 g/mol. The fourth-order valence-corrected chi connectivity index (χ4v) is 3.46. The molecular weight excluding hydrogens is 356 g/mol. The van der Waals surface area contributed by atoms with E-state index in [-0.39, 0.29) is 11.2 Å². The first kappa shape index (κ1) is 19.8. The minimum absolute atomic E-state index is 0.355. The number of primary amides is 1. The lowest BCUT2D eigenvalue weighted by molar-refractivity contribution is -0.117. The lowest BCUT2D eigenvalue weighted by atomic mass is 10.0. The van der Waals surface area contributed by atoms with Gasteiger partial charge in [-0.1, -0.05) is 50.1 Å². The van der Waals surface area contributed by atoms with Gasteiger partial charge in [0.2, 0.25) is 5.91 Å². The van der Waals surface area contributed by atoms with Gasteiger partial charge in [0, 0.05) is 17.1 Å². The molecule has 0 spiro atoms. The first-order chi connectivity index (χ1) is 11.9. The molecule has 7 heteroatoms. The quantitative estimate of drug-likeness (QED) is 0.654. The van der Waals surface area contributed by atoms with Crippen molar-refractivity contribution in [3.8, 4) is 11.4 Å². The number of halogens is 1. The zero-order chi connectivity index (χ0) is 18.4. The second kappa shape index (κ2) is 9.25. The van der Waals surface area contributed by atoms with Crippen molar-refractivity contribution in [3.63, 3.8) is 0 Å². The normalized spacial score (nSPS) is 13.6. The summed E-state index contributed by atoms with van der Waals surface area (Å²) in [5, 5.41) is 9.72. The van der Waals surface area contributed by atoms with E-state index in [1.54, 1.807) is 6.92 Å². The van der Waals surface area contributed by atoms with Crippen LogP contribution in [0.2, 0.25) is 5.02 Å². The minimum Gasteiger partial charge on any atom is -0.369 e. The second-order valence-electron chi connectivity index (χ2n) is 6.33. The molecule has 2 atom stereocenters. The van der Waals surface area contributed by atoms with Crippen LogP contribution in [0.15, 0.2) is 29.4 Å². The van der Waals surface area contributed by atoms with Crippen LogP contribution in [-0.2, 0) is 11.3 Å². The van der Waals surface area contributed by atoms with Crippen LogP contribution in [0, 0.1) is 5.92 Å². The summed E-state index contributed by atoms with van der Waals surface area (Å²) in [6.07, 6.45) is 3.51. The molecule has 25 heavy (non-hydrogen) atoms. The van der Waals surface area contributed by atoms with Gasteiger partial charge < -0.3 is 10.3 Å². The number of carbonyl (C=O) groups is 1. The third kappa shape index (κ3) is 5.47. The highest BCUT2D eigenvalue weighted by Gasteiger charge is 2.20. The molecule has 0 aliphatic heterocycles. The van der Waals surface area contributed by atoms with Crippen LogP contribution in [-0.4, -0.2) is 25.9 Å². The Labute approximate surface area is 158 Å². The molecule has 1 aromatic carbocycles. The Morgan fingerprint density at radius 2 is 1.96 bits per heavy atom. The Balaban J connectivity index is 2.33. The fourth-order valence-electron chi connectivity index (χ4n) is 2.52. The predicted octanol–water partition coefficient (Wildman–Crippen LogP) is 4.39. The summed E-state index contributed by atoms with van der Waals surface area (Å²) >= 11 is 7.34. The Kier molecular flexibility index (Phi) is 7.32. The summed E-state index contributed by atoms with van der Waals surface area (Å²) < 4.78 is 2.09. The molecule has 1 amide bonds. The maximum Gasteiger partial charge on any atom is 0.230 e. The van der Waals surface area contributed by atoms with Crippen molar-refractivity contribution >= 4 is 29.3 Å². The molecule has 0 saturated carbocycles. The van der Waals surface area contributed by atoms with Gasteiger partial charge in [0.05, 0.1) is 5.25 Å². The molecule has 0 aliphatic carbocycles. The summed E-state index contributed by atoms with van der Waals surface area (Å²) in [5.41, 5.74) is 6.36. The van der Waals surface area contributed by atoms with Crippen molar-refractivity contribution in [2.45, 2.75) is 57.0 Å². The van der Waals surface area contributed by atoms with Gasteiger partial charge in [-0.2, -0.15) is 0 Å². The van der Waals surface area contributed by atoms with Crippen molar-refractivity contribution in [2.75, 3.05) is 0 Å². The molecule has 0 radical (unpaired) electrons. The molecule has 1 heterocycles. The largest absolute Gasteiger partial charge is 0.369 e. The third-order valence-corrected chi connectivity index (χ3v) is 5.40. The van der Waals surface area contributed by atoms with Gasteiger partial charge in [-0.05, 0) is 43.5 Å². The monoisotopic (exact) mass is 380 g/mol. The van der Waals surface area contributed by atoms with Gasteiger partial charge in [-0.25, -0.2) is 0 Å². The SMILES string of the molecule is CCCC[C@H](C)Cn1c(S[C@@H](C)C(N)=O)nnc1-c1ccc(Cl)cc1. The van der Waals surface area contributed by atoms with Crippen molar-refractivity contribution in [2.24, 2.45) is 11.7 Å². The smallest absolute Gasteiger partial charge is 0.230 e. The van der Waals surface area contributed by atoms with E-state index in [0.29, 0.717) is 10.9 Å². The molecule has 2 rings (SSSR count). The number of rotatable bonds is 9. The van der Waals surface area contributed by atoms with E-state index in [4.69, 9.17) is 17.3 Å². The van der Waals surface area contributed by atoms with Gasteiger partial charge in [0.25, 0.3) is 0 Å². The number of unbranched alkanes of at least 4 members (excludes halogenated alkanes) is 1. The third-order valence-electron chi connectivity index (χ3n) is 4.05. The van der Waals surface area contributed by atoms with Gasteiger partial charge in [-0.3, -0.25) is 4.79 Å². The highest BCUT2D eigenvalue weighted by molar-refractivity contribution is 8.00. The maximum absolute atomic E-state index is 11.4. The molecule has 136 valence electrons. The molecule has 0 aliphatic rings. The number of benzene rings is 1. The molecule has 0 bridgehead atoms. The lowest BCUT2D eigenvalue weighted by Crippen LogP contribution is -2.23. The molecule has 1 aromatic heterocycles. The summed E-state index contributed by atoms with van der Waals surface area (Å²) in [4.78, 5) is 11.4. The van der Waals surface area contributed by atoms with Crippen LogP contribution in [0.3, 0.4) is 0 Å². The number of carbonyl (C=O) groups excluding carboxylic acids is 1. The zero-order valence-electron chi connectivity index (χ0n) is 14.9. The van der Waals surface area contributed by atoms with Crippen molar-refractivity contribution in [1.82, 2.24) is 14.8 Å². The number of thioether (sulfide) groups is 1. The standard InChI is InChI=1S/C18H25ClN4OS/c1-4-5-6-12(2)11-23-17(14-7-9-15(19)10-8-14)21-22-18(23)25-13(3)16(20)24/h7-10,12-13H,4-6,11H2,1-3H3,(H2,20,24)/t12-,13-/m0/s1. The predicted molar refractivity (Wildman–Crippen MR) is 104 cm³/mol. The summed E-state index contributed by atoms with van der Waals surface area (Å²) in [7, 11) is 0. The van der Waals surface area contributed by atoms with Crippen molar-refractivity contribution < 1.29 is 4.79 Å². The highest BCUT2D eigenvalue weighted by Crippen LogP contribution is 2.29. The van der Waals surface area contributed by atoms with Crippen LogP contribution >= 0.6 is 23.4 Å². The summed E-state index contributed by atoms with van der Waals surface area (Å²) in [6.45, 7) is 7.01. The molecule has 2 aromatic rings. The van der Waals surface area contributed by atoms with Gasteiger partial charge >= 0.3 is 0 Å². The molecule has 0 saturated heterocycles. The Hall–Kier alpha value is -1.53. The molecule has 0 fully saturated rings.